The van der Waals surface area contributed by atoms with Gasteiger partial charge in [0.1, 0.15) is 0 Å². The molecule has 136 valence electrons. The number of hydrogen-bond acceptors (Lipinski definition) is 3. The molecule has 1 N–H and O–H groups in total. The predicted octanol–water partition coefficient (Wildman–Crippen LogP) is 5.46. The lowest BCUT2D eigenvalue weighted by Gasteiger charge is -2.26. The van der Waals surface area contributed by atoms with E-state index >= 15 is 0 Å². The molecule has 0 aliphatic heterocycles. The van der Waals surface area contributed by atoms with Crippen molar-refractivity contribution in [2.45, 2.75) is 32.1 Å². The Kier molecular flexibility index (Phi) is 6.86. The van der Waals surface area contributed by atoms with Crippen molar-refractivity contribution in [1.29, 1.82) is 5.26 Å². The summed E-state index contributed by atoms with van der Waals surface area (Å²) in [7, 11) is 3.99. The fourth-order valence-corrected chi connectivity index (χ4v) is 3.08. The van der Waals surface area contributed by atoms with Crippen molar-refractivity contribution in [3.05, 3.63) is 65.7 Å². The lowest BCUT2D eigenvalue weighted by molar-refractivity contribution is 0.536. The minimum absolute atomic E-state index is 0.0631. The van der Waals surface area contributed by atoms with Gasteiger partial charge in [0, 0.05) is 32.0 Å². The highest BCUT2D eigenvalue weighted by Crippen LogP contribution is 2.33. The summed E-state index contributed by atoms with van der Waals surface area (Å²) in [6, 6.07) is 19.2. The Morgan fingerprint density at radius 3 is 2.46 bits per heavy atom. The second kappa shape index (κ2) is 9.10. The summed E-state index contributed by atoms with van der Waals surface area (Å²) in [5, 5.41) is 12.0. The van der Waals surface area contributed by atoms with Crippen LogP contribution in [-0.4, -0.2) is 20.6 Å². The van der Waals surface area contributed by atoms with Gasteiger partial charge in [-0.2, -0.15) is 5.26 Å². The number of nitrogens with zero attached hydrogens (tertiary/aromatic N) is 2. The first-order chi connectivity index (χ1) is 12.5. The van der Waals surface area contributed by atoms with Gasteiger partial charge >= 0.3 is 0 Å². The second-order valence-electron chi connectivity index (χ2n) is 7.21. The van der Waals surface area contributed by atoms with Crippen molar-refractivity contribution in [3.63, 3.8) is 0 Å². The van der Waals surface area contributed by atoms with E-state index in [2.05, 4.69) is 90.8 Å². The molecule has 0 aliphatic carbocycles. The quantitative estimate of drug-likeness (QED) is 0.689. The maximum atomic E-state index is 8.69. The van der Waals surface area contributed by atoms with Gasteiger partial charge < -0.3 is 10.2 Å². The number of hydrogen-bond donors (Lipinski definition) is 1. The minimum Gasteiger partial charge on any atom is -0.388 e. The van der Waals surface area contributed by atoms with E-state index in [9.17, 15) is 0 Å². The van der Waals surface area contributed by atoms with Gasteiger partial charge in [0.2, 0.25) is 0 Å². The smallest absolute Gasteiger partial charge is 0.0640 e. The summed E-state index contributed by atoms with van der Waals surface area (Å²) in [5.74, 6) is 0. The molecule has 0 heterocycles. The van der Waals surface area contributed by atoms with Gasteiger partial charge in [0.15, 0.2) is 0 Å². The van der Waals surface area contributed by atoms with E-state index in [0.29, 0.717) is 6.42 Å². The first-order valence-corrected chi connectivity index (χ1v) is 9.10. The number of benzene rings is 2. The molecule has 0 saturated heterocycles. The number of rotatable bonds is 8. The number of nitrogens with one attached hydrogen (secondary N) is 1. The van der Waals surface area contributed by atoms with E-state index in [1.807, 2.05) is 14.1 Å². The molecule has 0 bridgehead atoms. The number of nitriles is 1. The summed E-state index contributed by atoms with van der Waals surface area (Å²) in [6.07, 6.45) is 5.94. The zero-order chi connectivity index (χ0) is 19.0. The molecule has 0 aromatic heterocycles. The summed E-state index contributed by atoms with van der Waals surface area (Å²) in [4.78, 5) is 2.11. The van der Waals surface area contributed by atoms with E-state index in [1.54, 1.807) is 0 Å². The standard InChI is InChI=1S/C23H29N3/c1-23(2,21-10-5-6-11-22(21)25-3)16-7-9-19-12-14-20(15-13-19)26(4)18-8-17-24/h5-7,9-15,25H,8,16,18H2,1-4H3/b9-7+. The van der Waals surface area contributed by atoms with Gasteiger partial charge in [-0.15, -0.1) is 0 Å². The van der Waals surface area contributed by atoms with Crippen molar-refractivity contribution >= 4 is 17.5 Å². The molecular weight excluding hydrogens is 318 g/mol. The Hall–Kier alpha value is -2.73. The summed E-state index contributed by atoms with van der Waals surface area (Å²) < 4.78 is 0. The molecule has 0 amide bonds. The van der Waals surface area contributed by atoms with Gasteiger partial charge in [0.25, 0.3) is 0 Å². The fraction of sp³-hybridized carbons (Fsp3) is 0.348. The maximum absolute atomic E-state index is 8.69. The highest BCUT2D eigenvalue weighted by molar-refractivity contribution is 5.57. The zero-order valence-corrected chi connectivity index (χ0v) is 16.3. The molecule has 0 fully saturated rings. The van der Waals surface area contributed by atoms with Crippen LogP contribution in [0.2, 0.25) is 0 Å². The first kappa shape index (κ1) is 19.6. The van der Waals surface area contributed by atoms with Crippen LogP contribution in [0.1, 0.15) is 37.8 Å². The monoisotopic (exact) mass is 347 g/mol. The summed E-state index contributed by atoms with van der Waals surface area (Å²) in [5.41, 5.74) is 4.92. The Morgan fingerprint density at radius 2 is 1.81 bits per heavy atom. The fourth-order valence-electron chi connectivity index (χ4n) is 3.08. The van der Waals surface area contributed by atoms with Gasteiger partial charge in [-0.3, -0.25) is 0 Å². The van der Waals surface area contributed by atoms with Crippen LogP contribution in [0.5, 0.6) is 0 Å². The number of para-hydroxylation sites is 1. The largest absolute Gasteiger partial charge is 0.388 e. The van der Waals surface area contributed by atoms with E-state index < -0.39 is 0 Å². The van der Waals surface area contributed by atoms with Gasteiger partial charge in [-0.05, 0) is 41.2 Å². The van der Waals surface area contributed by atoms with Crippen molar-refractivity contribution in [2.24, 2.45) is 0 Å². The molecule has 3 nitrogen and oxygen atoms in total. The van der Waals surface area contributed by atoms with Crippen LogP contribution in [0.25, 0.3) is 6.08 Å². The first-order valence-electron chi connectivity index (χ1n) is 9.10. The number of anilines is 2. The SMILES string of the molecule is CNc1ccccc1C(C)(C)C/C=C/c1ccc(N(C)CCC#N)cc1. The average molecular weight is 348 g/mol. The molecule has 0 spiro atoms. The second-order valence-corrected chi connectivity index (χ2v) is 7.21. The molecule has 2 aromatic rings. The van der Waals surface area contributed by atoms with Crippen LogP contribution in [0.4, 0.5) is 11.4 Å². The van der Waals surface area contributed by atoms with Crippen molar-refractivity contribution in [1.82, 2.24) is 0 Å². The Bertz CT molecular complexity index is 767. The van der Waals surface area contributed by atoms with Gasteiger partial charge in [0.05, 0.1) is 12.5 Å². The normalized spacial score (nSPS) is 11.3. The topological polar surface area (TPSA) is 39.1 Å². The molecule has 2 aromatic carbocycles. The lowest BCUT2D eigenvalue weighted by atomic mass is 9.80. The van der Waals surface area contributed by atoms with Gasteiger partial charge in [-0.1, -0.05) is 56.3 Å². The molecule has 0 radical (unpaired) electrons. The molecule has 2 rings (SSSR count). The highest BCUT2D eigenvalue weighted by atomic mass is 15.1. The average Bonchev–Trinajstić information content (AvgIpc) is 2.66. The van der Waals surface area contributed by atoms with E-state index in [1.165, 1.54) is 16.8 Å². The van der Waals surface area contributed by atoms with E-state index in [4.69, 9.17) is 5.26 Å². The van der Waals surface area contributed by atoms with E-state index in [0.717, 1.165) is 18.7 Å². The maximum Gasteiger partial charge on any atom is 0.0640 e. The minimum atomic E-state index is 0.0631. The van der Waals surface area contributed by atoms with E-state index in [-0.39, 0.29) is 5.41 Å². The lowest BCUT2D eigenvalue weighted by Crippen LogP contribution is -2.18. The predicted molar refractivity (Wildman–Crippen MR) is 113 cm³/mol. The van der Waals surface area contributed by atoms with Crippen molar-refractivity contribution < 1.29 is 0 Å². The third-order valence-electron chi connectivity index (χ3n) is 4.76. The van der Waals surface area contributed by atoms with Crippen LogP contribution in [0, 0.1) is 11.3 Å². The molecule has 0 saturated carbocycles. The van der Waals surface area contributed by atoms with Gasteiger partial charge in [-0.25, -0.2) is 0 Å². The van der Waals surface area contributed by atoms with Crippen LogP contribution >= 0.6 is 0 Å². The van der Waals surface area contributed by atoms with Crippen LogP contribution < -0.4 is 10.2 Å². The number of allylic oxidation sites excluding steroid dienone is 1. The van der Waals surface area contributed by atoms with Crippen molar-refractivity contribution in [2.75, 3.05) is 30.9 Å². The molecule has 0 atom stereocenters. The van der Waals surface area contributed by atoms with Crippen LogP contribution in [0.3, 0.4) is 0 Å². The summed E-state index contributed by atoms with van der Waals surface area (Å²) in [6.45, 7) is 5.31. The third-order valence-corrected chi connectivity index (χ3v) is 4.76. The summed E-state index contributed by atoms with van der Waals surface area (Å²) >= 11 is 0. The Morgan fingerprint density at radius 1 is 1.12 bits per heavy atom. The van der Waals surface area contributed by atoms with Crippen LogP contribution in [0.15, 0.2) is 54.6 Å². The Labute approximate surface area is 158 Å². The zero-order valence-electron chi connectivity index (χ0n) is 16.3. The molecule has 0 unspecified atom stereocenters. The van der Waals surface area contributed by atoms with Crippen LogP contribution in [-0.2, 0) is 5.41 Å². The third kappa shape index (κ3) is 5.13. The Balaban J connectivity index is 2.02. The molecule has 3 heteroatoms. The highest BCUT2D eigenvalue weighted by Gasteiger charge is 2.21. The molecular formula is C23H29N3. The molecule has 0 aliphatic rings. The van der Waals surface area contributed by atoms with Crippen molar-refractivity contribution in [3.8, 4) is 6.07 Å². The molecule has 26 heavy (non-hydrogen) atoms.